The first-order chi connectivity index (χ1) is 14.5. The predicted octanol–water partition coefficient (Wildman–Crippen LogP) is 5.21. The monoisotopic (exact) mass is 426 g/mol. The number of carbonyl (C=O) groups is 1. The molecule has 0 fully saturated rings. The molecule has 1 aromatic heterocycles. The number of aromatic amines is 1. The molecule has 0 bridgehead atoms. The van der Waals surface area contributed by atoms with Crippen molar-refractivity contribution in [2.45, 2.75) is 13.2 Å². The van der Waals surface area contributed by atoms with E-state index in [0.717, 1.165) is 5.56 Å². The van der Waals surface area contributed by atoms with Crippen LogP contribution >= 0.6 is 11.6 Å². The number of hydrogen-bond donors (Lipinski definition) is 2. The largest absolute Gasteiger partial charge is 0.485 e. The Kier molecular flexibility index (Phi) is 5.54. The van der Waals surface area contributed by atoms with E-state index in [1.165, 1.54) is 30.3 Å². The number of ether oxygens (including phenoxy) is 2. The number of H-pyrrole nitrogens is 1. The summed E-state index contributed by atoms with van der Waals surface area (Å²) in [6, 6.07) is 15.8. The standard InChI is InChI=1S/C22H16ClFN2O4/c23-15-4-1-13(2-5-15)11-29-20-9-14(22(27)28)3-8-19(20)30-12-21-25-17-7-6-16(24)10-18(17)26-21/h1-10H,11-12H2,(H,25,26)(H,27,28). The maximum absolute atomic E-state index is 13.3. The smallest absolute Gasteiger partial charge is 0.335 e. The molecule has 0 atom stereocenters. The third kappa shape index (κ3) is 4.52. The van der Waals surface area contributed by atoms with Gasteiger partial charge in [-0.05, 0) is 54.1 Å². The predicted molar refractivity (Wildman–Crippen MR) is 110 cm³/mol. The summed E-state index contributed by atoms with van der Waals surface area (Å²) in [7, 11) is 0. The van der Waals surface area contributed by atoms with Crippen molar-refractivity contribution in [2.75, 3.05) is 0 Å². The fourth-order valence-corrected chi connectivity index (χ4v) is 2.99. The van der Waals surface area contributed by atoms with Crippen molar-refractivity contribution in [1.29, 1.82) is 0 Å². The molecule has 0 aliphatic heterocycles. The van der Waals surface area contributed by atoms with Crippen molar-refractivity contribution in [2.24, 2.45) is 0 Å². The van der Waals surface area contributed by atoms with Gasteiger partial charge in [0, 0.05) is 5.02 Å². The molecule has 3 aromatic carbocycles. The Hall–Kier alpha value is -3.58. The molecular formula is C22H16ClFN2O4. The van der Waals surface area contributed by atoms with E-state index in [2.05, 4.69) is 9.97 Å². The quantitative estimate of drug-likeness (QED) is 0.423. The third-order valence-electron chi connectivity index (χ3n) is 4.36. The highest BCUT2D eigenvalue weighted by molar-refractivity contribution is 6.30. The van der Waals surface area contributed by atoms with Crippen LogP contribution in [0.4, 0.5) is 4.39 Å². The lowest BCUT2D eigenvalue weighted by Crippen LogP contribution is -2.04. The van der Waals surface area contributed by atoms with Gasteiger partial charge in [-0.2, -0.15) is 0 Å². The van der Waals surface area contributed by atoms with E-state index < -0.39 is 5.97 Å². The first kappa shape index (κ1) is 19.7. The van der Waals surface area contributed by atoms with Crippen LogP contribution < -0.4 is 9.47 Å². The lowest BCUT2D eigenvalue weighted by atomic mass is 10.2. The minimum atomic E-state index is -1.07. The molecule has 0 aliphatic rings. The van der Waals surface area contributed by atoms with Crippen molar-refractivity contribution in [3.05, 3.63) is 88.5 Å². The molecule has 0 saturated carbocycles. The molecule has 4 aromatic rings. The molecule has 152 valence electrons. The van der Waals surface area contributed by atoms with Gasteiger partial charge in [0.2, 0.25) is 0 Å². The molecule has 0 amide bonds. The number of nitrogens with one attached hydrogen (secondary N) is 1. The molecule has 30 heavy (non-hydrogen) atoms. The van der Waals surface area contributed by atoms with E-state index in [0.29, 0.717) is 27.6 Å². The molecule has 0 radical (unpaired) electrons. The van der Waals surface area contributed by atoms with Crippen LogP contribution in [0.15, 0.2) is 60.7 Å². The summed E-state index contributed by atoms with van der Waals surface area (Å²) >= 11 is 5.89. The van der Waals surface area contributed by atoms with E-state index >= 15 is 0 Å². The van der Waals surface area contributed by atoms with Gasteiger partial charge in [0.1, 0.15) is 24.9 Å². The molecule has 2 N–H and O–H groups in total. The Bertz CT molecular complexity index is 1210. The molecule has 0 spiro atoms. The Morgan fingerprint density at radius 3 is 2.53 bits per heavy atom. The highest BCUT2D eigenvalue weighted by Gasteiger charge is 2.13. The SMILES string of the molecule is O=C(O)c1ccc(OCc2nc3ccc(F)cc3[nH]2)c(OCc2ccc(Cl)cc2)c1. The number of carboxylic acid groups (broad SMARTS) is 1. The van der Waals surface area contributed by atoms with Crippen LogP contribution in [0, 0.1) is 5.82 Å². The van der Waals surface area contributed by atoms with E-state index in [-0.39, 0.29) is 30.3 Å². The minimum absolute atomic E-state index is 0.0695. The number of benzene rings is 3. The minimum Gasteiger partial charge on any atom is -0.485 e. The average Bonchev–Trinajstić information content (AvgIpc) is 3.14. The molecule has 8 heteroatoms. The van der Waals surface area contributed by atoms with Gasteiger partial charge in [-0.25, -0.2) is 14.2 Å². The molecule has 0 aliphatic carbocycles. The molecule has 0 unspecified atom stereocenters. The van der Waals surface area contributed by atoms with E-state index in [4.69, 9.17) is 21.1 Å². The van der Waals surface area contributed by atoms with Gasteiger partial charge >= 0.3 is 5.97 Å². The lowest BCUT2D eigenvalue weighted by molar-refractivity contribution is 0.0696. The van der Waals surface area contributed by atoms with Crippen LogP contribution in [0.1, 0.15) is 21.7 Å². The normalized spacial score (nSPS) is 10.9. The van der Waals surface area contributed by atoms with E-state index in [9.17, 15) is 14.3 Å². The number of halogens is 2. The second-order valence-electron chi connectivity index (χ2n) is 6.52. The van der Waals surface area contributed by atoms with Crippen LogP contribution in [0.5, 0.6) is 11.5 Å². The van der Waals surface area contributed by atoms with Gasteiger partial charge in [-0.1, -0.05) is 23.7 Å². The number of rotatable bonds is 7. The second-order valence-corrected chi connectivity index (χ2v) is 6.95. The molecule has 1 heterocycles. The Labute approximate surface area is 175 Å². The topological polar surface area (TPSA) is 84.4 Å². The zero-order chi connectivity index (χ0) is 21.1. The highest BCUT2D eigenvalue weighted by atomic mass is 35.5. The van der Waals surface area contributed by atoms with Crippen LogP contribution in [-0.2, 0) is 13.2 Å². The third-order valence-corrected chi connectivity index (χ3v) is 4.61. The van der Waals surface area contributed by atoms with Gasteiger partial charge < -0.3 is 19.6 Å². The number of nitrogens with zero attached hydrogens (tertiary/aromatic N) is 1. The van der Waals surface area contributed by atoms with Crippen molar-refractivity contribution in [1.82, 2.24) is 9.97 Å². The lowest BCUT2D eigenvalue weighted by Gasteiger charge is -2.13. The molecule has 0 saturated heterocycles. The van der Waals surface area contributed by atoms with Crippen LogP contribution in [0.3, 0.4) is 0 Å². The van der Waals surface area contributed by atoms with Gasteiger partial charge in [0.25, 0.3) is 0 Å². The van der Waals surface area contributed by atoms with Crippen LogP contribution in [0.25, 0.3) is 11.0 Å². The maximum atomic E-state index is 13.3. The number of hydrogen-bond acceptors (Lipinski definition) is 4. The summed E-state index contributed by atoms with van der Waals surface area (Å²) in [5, 5.41) is 9.88. The summed E-state index contributed by atoms with van der Waals surface area (Å²) in [5.41, 5.74) is 2.13. The van der Waals surface area contributed by atoms with Crippen molar-refractivity contribution in [3.8, 4) is 11.5 Å². The molecular weight excluding hydrogens is 411 g/mol. The summed E-state index contributed by atoms with van der Waals surface area (Å²) in [6.07, 6.45) is 0. The van der Waals surface area contributed by atoms with Crippen molar-refractivity contribution < 1.29 is 23.8 Å². The van der Waals surface area contributed by atoms with Crippen molar-refractivity contribution >= 4 is 28.6 Å². The maximum Gasteiger partial charge on any atom is 0.335 e. The van der Waals surface area contributed by atoms with Gasteiger partial charge in [-0.3, -0.25) is 0 Å². The highest BCUT2D eigenvalue weighted by Crippen LogP contribution is 2.30. The fraction of sp³-hybridized carbons (Fsp3) is 0.0909. The number of carboxylic acids is 1. The van der Waals surface area contributed by atoms with E-state index in [1.54, 1.807) is 18.2 Å². The Morgan fingerprint density at radius 2 is 1.77 bits per heavy atom. The van der Waals surface area contributed by atoms with Crippen LogP contribution in [-0.4, -0.2) is 21.0 Å². The average molecular weight is 427 g/mol. The van der Waals surface area contributed by atoms with Gasteiger partial charge in [0.05, 0.1) is 16.6 Å². The summed E-state index contributed by atoms with van der Waals surface area (Å²) in [6.45, 7) is 0.278. The summed E-state index contributed by atoms with van der Waals surface area (Å²) < 4.78 is 25.0. The van der Waals surface area contributed by atoms with Gasteiger partial charge in [0.15, 0.2) is 11.5 Å². The summed E-state index contributed by atoms with van der Waals surface area (Å²) in [5.74, 6) is -0.285. The number of fused-ring (bicyclic) bond motifs is 1. The van der Waals surface area contributed by atoms with Gasteiger partial charge in [-0.15, -0.1) is 0 Å². The Morgan fingerprint density at radius 1 is 1.00 bits per heavy atom. The number of aromatic carboxylic acids is 1. The first-order valence-corrected chi connectivity index (χ1v) is 9.37. The fourth-order valence-electron chi connectivity index (χ4n) is 2.86. The zero-order valence-corrected chi connectivity index (χ0v) is 16.3. The first-order valence-electron chi connectivity index (χ1n) is 8.99. The Balaban J connectivity index is 1.53. The van der Waals surface area contributed by atoms with Crippen LogP contribution in [0.2, 0.25) is 5.02 Å². The summed E-state index contributed by atoms with van der Waals surface area (Å²) in [4.78, 5) is 18.7. The van der Waals surface area contributed by atoms with E-state index in [1.807, 2.05) is 12.1 Å². The number of aromatic nitrogens is 2. The second kappa shape index (κ2) is 8.42. The zero-order valence-electron chi connectivity index (χ0n) is 15.6. The molecule has 4 rings (SSSR count). The van der Waals surface area contributed by atoms with Crippen molar-refractivity contribution in [3.63, 3.8) is 0 Å². The molecule has 6 nitrogen and oxygen atoms in total. The number of imidazole rings is 1.